The van der Waals surface area contributed by atoms with E-state index in [0.717, 1.165) is 80.1 Å². The second-order valence-corrected chi connectivity index (χ2v) is 11.1. The molecule has 0 aliphatic carbocycles. The normalized spacial score (nSPS) is 18.1. The quantitative estimate of drug-likeness (QED) is 0.413. The summed E-state index contributed by atoms with van der Waals surface area (Å²) in [7, 11) is 0. The number of aromatic nitrogens is 3. The molecule has 3 aromatic rings. The van der Waals surface area contributed by atoms with Crippen LogP contribution in [-0.2, 0) is 11.4 Å². The van der Waals surface area contributed by atoms with Crippen molar-refractivity contribution in [2.75, 3.05) is 57.3 Å². The first-order chi connectivity index (χ1) is 19.0. The maximum Gasteiger partial charge on any atom is 0.222 e. The lowest BCUT2D eigenvalue weighted by molar-refractivity contribution is -0.122. The van der Waals surface area contributed by atoms with Crippen LogP contribution in [0.2, 0.25) is 0 Å². The Labute approximate surface area is 231 Å². The third-order valence-corrected chi connectivity index (χ3v) is 8.12. The van der Waals surface area contributed by atoms with Gasteiger partial charge < -0.3 is 20.2 Å². The Bertz CT molecular complexity index is 1240. The van der Waals surface area contributed by atoms with E-state index in [9.17, 15) is 9.90 Å². The van der Waals surface area contributed by atoms with Crippen LogP contribution in [0.1, 0.15) is 62.9 Å². The highest BCUT2D eigenvalue weighted by molar-refractivity contribution is 5.92. The van der Waals surface area contributed by atoms with Gasteiger partial charge in [-0.25, -0.2) is 0 Å². The smallest absolute Gasteiger partial charge is 0.222 e. The van der Waals surface area contributed by atoms with E-state index in [1.165, 1.54) is 12.8 Å². The highest BCUT2D eigenvalue weighted by Gasteiger charge is 2.29. The van der Waals surface area contributed by atoms with Crippen molar-refractivity contribution >= 4 is 22.5 Å². The van der Waals surface area contributed by atoms with Gasteiger partial charge in [0.05, 0.1) is 29.5 Å². The Balaban J connectivity index is 1.32. The number of aliphatic hydroxyl groups is 1. The van der Waals surface area contributed by atoms with Crippen LogP contribution in [0.15, 0.2) is 42.7 Å². The number of hydrogen-bond donors (Lipinski definition) is 2. The van der Waals surface area contributed by atoms with Crippen molar-refractivity contribution in [2.45, 2.75) is 58.2 Å². The van der Waals surface area contributed by atoms with Gasteiger partial charge in [0.15, 0.2) is 0 Å². The molecule has 1 aromatic carbocycles. The zero-order chi connectivity index (χ0) is 27.2. The fourth-order valence-electron chi connectivity index (χ4n) is 5.97. The second kappa shape index (κ2) is 12.9. The van der Waals surface area contributed by atoms with Crippen LogP contribution in [0, 0.1) is 0 Å². The van der Waals surface area contributed by atoms with Gasteiger partial charge in [-0.1, -0.05) is 18.2 Å². The summed E-state index contributed by atoms with van der Waals surface area (Å²) in [4.78, 5) is 25.0. The summed E-state index contributed by atoms with van der Waals surface area (Å²) in [5.41, 5.74) is 3.81. The number of anilines is 1. The first-order valence-electron chi connectivity index (χ1n) is 14.5. The summed E-state index contributed by atoms with van der Waals surface area (Å²) in [5, 5.41) is 19.3. The lowest BCUT2D eigenvalue weighted by Gasteiger charge is -2.30. The highest BCUT2D eigenvalue weighted by atomic mass is 16.3. The minimum atomic E-state index is -0.0836. The van der Waals surface area contributed by atoms with Gasteiger partial charge in [-0.2, -0.15) is 5.10 Å². The van der Waals surface area contributed by atoms with Crippen molar-refractivity contribution in [1.82, 2.24) is 29.9 Å². The molecule has 2 aliphatic rings. The van der Waals surface area contributed by atoms with Crippen LogP contribution in [0.5, 0.6) is 0 Å². The van der Waals surface area contributed by atoms with Crippen LogP contribution in [0.3, 0.4) is 0 Å². The van der Waals surface area contributed by atoms with Crippen molar-refractivity contribution in [3.8, 4) is 0 Å². The summed E-state index contributed by atoms with van der Waals surface area (Å²) in [6, 6.07) is 10.3. The fraction of sp³-hybridized carbons (Fsp3) is 0.567. The summed E-state index contributed by atoms with van der Waals surface area (Å²) < 4.78 is 1.98. The Morgan fingerprint density at radius 2 is 1.87 bits per heavy atom. The molecule has 4 heterocycles. The molecule has 1 atom stereocenters. The minimum Gasteiger partial charge on any atom is -0.392 e. The number of pyridine rings is 1. The van der Waals surface area contributed by atoms with Gasteiger partial charge in [-0.15, -0.1) is 0 Å². The molecule has 210 valence electrons. The molecule has 0 spiro atoms. The van der Waals surface area contributed by atoms with E-state index in [2.05, 4.69) is 51.0 Å². The first kappa shape index (κ1) is 27.6. The summed E-state index contributed by atoms with van der Waals surface area (Å²) in [5.74, 6) is 0.0835. The molecule has 5 rings (SSSR count). The number of carbonyl (C=O) groups is 1. The summed E-state index contributed by atoms with van der Waals surface area (Å²) >= 11 is 0. The van der Waals surface area contributed by atoms with Crippen molar-refractivity contribution in [3.63, 3.8) is 0 Å². The Morgan fingerprint density at radius 3 is 2.64 bits per heavy atom. The van der Waals surface area contributed by atoms with Crippen LogP contribution < -0.4 is 10.2 Å². The molecule has 2 fully saturated rings. The largest absolute Gasteiger partial charge is 0.392 e. The molecule has 1 unspecified atom stereocenters. The first-order valence-corrected chi connectivity index (χ1v) is 14.5. The van der Waals surface area contributed by atoms with Gasteiger partial charge >= 0.3 is 0 Å². The number of amides is 1. The standard InChI is InChI=1S/C30H43N7O2/c1-23(2)37-17-10-26(33-37)27(21-28(39)31-12-18-34-13-3-4-14-34)35-15-6-16-36(20-19-35)30-25(22-38)9-8-24-7-5-11-32-29(24)30/h5,7-11,17,23,27,38H,3-4,6,12-16,18-22H2,1-2H3,(H,31,39). The minimum absolute atomic E-state index is 0.0189. The third kappa shape index (κ3) is 6.59. The predicted octanol–water partition coefficient (Wildman–Crippen LogP) is 3.36. The fourth-order valence-corrected chi connectivity index (χ4v) is 5.97. The molecule has 2 aromatic heterocycles. The molecule has 0 radical (unpaired) electrons. The van der Waals surface area contributed by atoms with E-state index in [1.807, 2.05) is 35.3 Å². The van der Waals surface area contributed by atoms with Crippen molar-refractivity contribution in [3.05, 3.63) is 54.0 Å². The van der Waals surface area contributed by atoms with Gasteiger partial charge in [0, 0.05) is 75.1 Å². The SMILES string of the molecule is CC(C)n1ccc(C(CC(=O)NCCN2CCCC2)N2CCCN(c3c(CO)ccc4cccnc34)CC2)n1. The van der Waals surface area contributed by atoms with Crippen LogP contribution in [0.25, 0.3) is 10.9 Å². The lowest BCUT2D eigenvalue weighted by atomic mass is 10.1. The molecular weight excluding hydrogens is 490 g/mol. The molecule has 9 nitrogen and oxygen atoms in total. The molecule has 2 N–H and O–H groups in total. The maximum atomic E-state index is 13.1. The van der Waals surface area contributed by atoms with Crippen LogP contribution in [-0.4, -0.2) is 87.9 Å². The Hall–Kier alpha value is -3.01. The molecule has 0 saturated carbocycles. The highest BCUT2D eigenvalue weighted by Crippen LogP contribution is 2.32. The molecule has 39 heavy (non-hydrogen) atoms. The van der Waals surface area contributed by atoms with E-state index in [0.29, 0.717) is 13.0 Å². The average Bonchev–Trinajstić information content (AvgIpc) is 3.60. The van der Waals surface area contributed by atoms with Crippen molar-refractivity contribution < 1.29 is 9.90 Å². The van der Waals surface area contributed by atoms with Crippen LogP contribution >= 0.6 is 0 Å². The number of aliphatic hydroxyl groups excluding tert-OH is 1. The predicted molar refractivity (Wildman–Crippen MR) is 155 cm³/mol. The number of rotatable bonds is 10. The van der Waals surface area contributed by atoms with Crippen LogP contribution in [0.4, 0.5) is 5.69 Å². The topological polar surface area (TPSA) is 89.8 Å². The third-order valence-electron chi connectivity index (χ3n) is 8.12. The number of likely N-dealkylation sites (tertiary alicyclic amines) is 1. The number of nitrogens with one attached hydrogen (secondary N) is 1. The van der Waals surface area contributed by atoms with E-state index >= 15 is 0 Å². The maximum absolute atomic E-state index is 13.1. The number of hydrogen-bond acceptors (Lipinski definition) is 7. The van der Waals surface area contributed by atoms with E-state index < -0.39 is 0 Å². The lowest BCUT2D eigenvalue weighted by Crippen LogP contribution is -2.38. The van der Waals surface area contributed by atoms with Gasteiger partial charge in [-0.3, -0.25) is 19.4 Å². The molecule has 2 aliphatic heterocycles. The number of fused-ring (bicyclic) bond motifs is 1. The van der Waals surface area contributed by atoms with Gasteiger partial charge in [-0.05, 0) is 58.3 Å². The van der Waals surface area contributed by atoms with Gasteiger partial charge in [0.2, 0.25) is 5.91 Å². The average molecular weight is 534 g/mol. The zero-order valence-corrected chi connectivity index (χ0v) is 23.4. The Morgan fingerprint density at radius 1 is 1.03 bits per heavy atom. The van der Waals surface area contributed by atoms with E-state index in [4.69, 9.17) is 5.10 Å². The Kier molecular flexibility index (Phi) is 9.11. The summed E-state index contributed by atoms with van der Waals surface area (Å²) in [6.45, 7) is 11.5. The molecular formula is C30H43N7O2. The molecule has 0 bridgehead atoms. The summed E-state index contributed by atoms with van der Waals surface area (Å²) in [6.07, 6.45) is 7.71. The number of nitrogens with zero attached hydrogens (tertiary/aromatic N) is 6. The van der Waals surface area contributed by atoms with Crippen molar-refractivity contribution in [2.24, 2.45) is 0 Å². The zero-order valence-electron chi connectivity index (χ0n) is 23.4. The van der Waals surface area contributed by atoms with E-state index in [-0.39, 0.29) is 24.6 Å². The second-order valence-electron chi connectivity index (χ2n) is 11.1. The number of carbonyl (C=O) groups excluding carboxylic acids is 1. The van der Waals surface area contributed by atoms with Gasteiger partial charge in [0.25, 0.3) is 0 Å². The number of benzene rings is 1. The monoisotopic (exact) mass is 533 g/mol. The van der Waals surface area contributed by atoms with E-state index in [1.54, 1.807) is 0 Å². The molecule has 2 saturated heterocycles. The van der Waals surface area contributed by atoms with Crippen molar-refractivity contribution in [1.29, 1.82) is 0 Å². The molecule has 1 amide bonds. The van der Waals surface area contributed by atoms with Gasteiger partial charge in [0.1, 0.15) is 0 Å². The molecule has 9 heteroatoms.